The van der Waals surface area contributed by atoms with Crippen molar-refractivity contribution < 1.29 is 23.1 Å². The van der Waals surface area contributed by atoms with Gasteiger partial charge in [0.05, 0.1) is 23.6 Å². The van der Waals surface area contributed by atoms with Crippen molar-refractivity contribution in [3.63, 3.8) is 0 Å². The smallest absolute Gasteiger partial charge is 0.264 e. The Balaban J connectivity index is 1.29. The van der Waals surface area contributed by atoms with E-state index < -0.39 is 27.3 Å². The summed E-state index contributed by atoms with van der Waals surface area (Å²) in [6.45, 7) is 9.93. The number of allylic oxidation sites excluding steroid dienone is 6. The van der Waals surface area contributed by atoms with Gasteiger partial charge < -0.3 is 14.7 Å². The summed E-state index contributed by atoms with van der Waals surface area (Å²) in [5.41, 5.74) is 2.37. The van der Waals surface area contributed by atoms with Gasteiger partial charge in [0, 0.05) is 29.1 Å². The molecule has 1 aliphatic heterocycles. The largest absolute Gasteiger partial charge is 0.491 e. The quantitative estimate of drug-likeness (QED) is 0.189. The van der Waals surface area contributed by atoms with E-state index in [1.54, 1.807) is 12.1 Å². The van der Waals surface area contributed by atoms with Crippen LogP contribution in [0.1, 0.15) is 101 Å². The fourth-order valence-electron chi connectivity index (χ4n) is 8.84. The molecule has 49 heavy (non-hydrogen) atoms. The summed E-state index contributed by atoms with van der Waals surface area (Å²) in [6, 6.07) is 5.35. The fourth-order valence-corrected chi connectivity index (χ4v) is 10.8. The first kappa shape index (κ1) is 36.2. The molecular formula is C40H55ClN2O5S. The maximum Gasteiger partial charge on any atom is 0.264 e. The van der Waals surface area contributed by atoms with Crippen LogP contribution in [0.2, 0.25) is 0 Å². The summed E-state index contributed by atoms with van der Waals surface area (Å²) < 4.78 is 36.5. The lowest BCUT2D eigenvalue weighted by atomic mass is 9.61. The van der Waals surface area contributed by atoms with Crippen molar-refractivity contribution >= 4 is 33.2 Å². The van der Waals surface area contributed by atoms with Crippen LogP contribution in [-0.2, 0) is 10.0 Å². The lowest BCUT2D eigenvalue weighted by Gasteiger charge is -2.49. The normalized spacial score (nSPS) is 28.6. The van der Waals surface area contributed by atoms with Gasteiger partial charge in [-0.05, 0) is 112 Å². The van der Waals surface area contributed by atoms with Gasteiger partial charge in [-0.15, -0.1) is 6.58 Å². The van der Waals surface area contributed by atoms with Crippen LogP contribution in [0.5, 0.6) is 5.75 Å². The number of benzene rings is 1. The van der Waals surface area contributed by atoms with Crippen molar-refractivity contribution in [1.29, 1.82) is 0 Å². The van der Waals surface area contributed by atoms with Crippen LogP contribution in [-0.4, -0.2) is 50.5 Å². The van der Waals surface area contributed by atoms with Gasteiger partial charge in [-0.2, -0.15) is 0 Å². The van der Waals surface area contributed by atoms with E-state index in [9.17, 15) is 18.3 Å². The average molecular weight is 711 g/mol. The first-order chi connectivity index (χ1) is 23.5. The Bertz CT molecular complexity index is 1580. The Hall–Kier alpha value is -2.55. The second-order valence-electron chi connectivity index (χ2n) is 15.6. The van der Waals surface area contributed by atoms with Gasteiger partial charge in [0.15, 0.2) is 0 Å². The highest BCUT2D eigenvalue weighted by atomic mass is 35.5. The van der Waals surface area contributed by atoms with E-state index >= 15 is 0 Å². The molecule has 268 valence electrons. The van der Waals surface area contributed by atoms with Gasteiger partial charge in [0.2, 0.25) is 10.0 Å². The number of halogens is 1. The number of unbranched alkanes of at least 4 members (excludes halogenated alkanes) is 1. The second-order valence-corrected chi connectivity index (χ2v) is 17.9. The van der Waals surface area contributed by atoms with Crippen LogP contribution in [0.15, 0.2) is 65.8 Å². The summed E-state index contributed by atoms with van der Waals surface area (Å²) in [4.78, 5) is 16.1. The van der Waals surface area contributed by atoms with Crippen molar-refractivity contribution in [2.75, 3.05) is 24.6 Å². The van der Waals surface area contributed by atoms with Crippen LogP contribution >= 0.6 is 11.6 Å². The topological polar surface area (TPSA) is 95.9 Å². The van der Waals surface area contributed by atoms with Gasteiger partial charge >= 0.3 is 0 Å². The molecular weight excluding hydrogens is 656 g/mol. The summed E-state index contributed by atoms with van der Waals surface area (Å²) in [7, 11) is -3.92. The number of nitrogens with one attached hydrogen (secondary N) is 1. The number of anilines is 1. The van der Waals surface area contributed by atoms with Crippen LogP contribution < -0.4 is 14.4 Å². The van der Waals surface area contributed by atoms with Gasteiger partial charge in [0.1, 0.15) is 5.75 Å². The Morgan fingerprint density at radius 3 is 2.80 bits per heavy atom. The second kappa shape index (κ2) is 15.4. The number of ether oxygens (including phenoxy) is 1. The minimum Gasteiger partial charge on any atom is -0.491 e. The number of hydrogen-bond donors (Lipinski definition) is 2. The van der Waals surface area contributed by atoms with E-state index in [-0.39, 0.29) is 23.2 Å². The number of aliphatic hydroxyl groups excluding tert-OH is 1. The summed E-state index contributed by atoms with van der Waals surface area (Å²) >= 11 is 6.49. The predicted molar refractivity (Wildman–Crippen MR) is 198 cm³/mol. The first-order valence-corrected chi connectivity index (χ1v) is 20.6. The molecule has 7 atom stereocenters. The summed E-state index contributed by atoms with van der Waals surface area (Å²) in [6.07, 6.45) is 20.8. The maximum atomic E-state index is 13.8. The number of fused-ring (bicyclic) bond motifs is 3. The molecule has 7 nitrogen and oxygen atoms in total. The summed E-state index contributed by atoms with van der Waals surface area (Å²) in [5, 5.41) is 11.3. The van der Waals surface area contributed by atoms with E-state index in [0.717, 1.165) is 88.0 Å². The van der Waals surface area contributed by atoms with Crippen LogP contribution in [0.4, 0.5) is 5.69 Å². The molecule has 4 aliphatic carbocycles. The van der Waals surface area contributed by atoms with Crippen LogP contribution in [0.25, 0.3) is 0 Å². The molecule has 3 saturated carbocycles. The number of carbonyl (C=O) groups is 1. The number of sulfonamides is 1. The highest BCUT2D eigenvalue weighted by Crippen LogP contribution is 2.52. The van der Waals surface area contributed by atoms with E-state index in [2.05, 4.69) is 41.4 Å². The van der Waals surface area contributed by atoms with Crippen molar-refractivity contribution in [3.05, 3.63) is 71.3 Å². The molecule has 6 rings (SSSR count). The molecule has 1 heterocycles. The SMILES string of the molecule is C=CC[C@H](C)[C@H](CC1CC1)S(=O)(=O)NC(=O)c1ccc2c(c1)N(C[C@@H]1CC[C@H]1[C@@H](O)/C=C/CCC)C[C@@]1(CCCC3=CC(Cl)=CCC31)CO2. The molecule has 1 aromatic carbocycles. The lowest BCUT2D eigenvalue weighted by molar-refractivity contribution is 0.0414. The molecule has 9 heteroatoms. The number of rotatable bonds is 14. The average Bonchev–Trinajstić information content (AvgIpc) is 3.89. The molecule has 1 unspecified atom stereocenters. The highest BCUT2D eigenvalue weighted by Gasteiger charge is 2.48. The Morgan fingerprint density at radius 2 is 2.08 bits per heavy atom. The van der Waals surface area contributed by atoms with Crippen molar-refractivity contribution in [2.24, 2.45) is 35.0 Å². The number of aliphatic hydroxyl groups is 1. The molecule has 0 radical (unpaired) electrons. The monoisotopic (exact) mass is 710 g/mol. The molecule has 1 aromatic rings. The molecule has 1 spiro atoms. The Labute approximate surface area is 298 Å². The highest BCUT2D eigenvalue weighted by molar-refractivity contribution is 7.90. The zero-order chi connectivity index (χ0) is 34.8. The molecule has 0 aromatic heterocycles. The van der Waals surface area contributed by atoms with E-state index in [4.69, 9.17) is 16.3 Å². The van der Waals surface area contributed by atoms with Crippen molar-refractivity contribution in [1.82, 2.24) is 4.72 Å². The molecule has 3 fully saturated rings. The van der Waals surface area contributed by atoms with E-state index in [1.807, 2.05) is 25.1 Å². The molecule has 2 N–H and O–H groups in total. The molecule has 1 amide bonds. The Morgan fingerprint density at radius 1 is 1.27 bits per heavy atom. The van der Waals surface area contributed by atoms with E-state index in [0.29, 0.717) is 42.6 Å². The number of hydrogen-bond acceptors (Lipinski definition) is 6. The molecule has 0 saturated heterocycles. The van der Waals surface area contributed by atoms with Gasteiger partial charge in [0.25, 0.3) is 5.91 Å². The number of nitrogens with zero attached hydrogens (tertiary/aromatic N) is 1. The fraction of sp³-hybridized carbons (Fsp3) is 0.625. The van der Waals surface area contributed by atoms with Gasteiger partial charge in [-0.3, -0.25) is 4.79 Å². The minimum absolute atomic E-state index is 0.140. The van der Waals surface area contributed by atoms with Crippen molar-refractivity contribution in [2.45, 2.75) is 102 Å². The number of carbonyl (C=O) groups excluding carboxylic acids is 1. The standard InChI is InChI=1S/C40H55ClN2O5S/c1-4-6-7-11-36(44)33-17-14-31(33)24-43-25-40(20-8-10-29-22-32(41)16-18-34(29)40)26-48-37-19-15-30(23-35(37)43)39(45)42-49(46,47)38(21-28-12-13-28)27(3)9-5-2/h5,7,11,15-16,19,22-23,27-28,31,33-34,36,38,44H,2,4,6,8-10,12-14,17-18,20-21,24-26H2,1,3H3,(H,42,45)/b11-7+/t27-,31-,33+,34?,36-,38-,40-/m0/s1. The van der Waals surface area contributed by atoms with Gasteiger partial charge in [-0.25, -0.2) is 13.1 Å². The zero-order valence-electron chi connectivity index (χ0n) is 29.3. The third-order valence-electron chi connectivity index (χ3n) is 12.0. The lowest BCUT2D eigenvalue weighted by Crippen LogP contribution is -2.50. The minimum atomic E-state index is -3.92. The third kappa shape index (κ3) is 8.18. The Kier molecular flexibility index (Phi) is 11.4. The molecule has 5 aliphatic rings. The van der Waals surface area contributed by atoms with E-state index in [1.165, 1.54) is 5.57 Å². The maximum absolute atomic E-state index is 13.8. The van der Waals surface area contributed by atoms with Crippen molar-refractivity contribution in [3.8, 4) is 5.75 Å². The zero-order valence-corrected chi connectivity index (χ0v) is 30.9. The molecule has 0 bridgehead atoms. The number of amides is 1. The van der Waals surface area contributed by atoms with Crippen LogP contribution in [0, 0.1) is 35.0 Å². The summed E-state index contributed by atoms with van der Waals surface area (Å²) in [5.74, 6) is 1.13. The first-order valence-electron chi connectivity index (χ1n) is 18.6. The van der Waals surface area contributed by atoms with Crippen LogP contribution in [0.3, 0.4) is 0 Å². The third-order valence-corrected chi connectivity index (χ3v) is 14.2. The van der Waals surface area contributed by atoms with Gasteiger partial charge in [-0.1, -0.05) is 74.6 Å². The predicted octanol–water partition coefficient (Wildman–Crippen LogP) is 8.31.